The first-order chi connectivity index (χ1) is 17.0. The summed E-state index contributed by atoms with van der Waals surface area (Å²) in [6.45, 7) is 2.50. The minimum atomic E-state index is -0.791. The number of urea groups is 1. The second-order valence-corrected chi connectivity index (χ2v) is 9.91. The van der Waals surface area contributed by atoms with E-state index in [1.54, 1.807) is 4.90 Å². The number of imide groups is 1. The van der Waals surface area contributed by atoms with Crippen molar-refractivity contribution in [2.75, 3.05) is 18.1 Å². The number of hydrogen-bond donors (Lipinski definition) is 1. The molecule has 1 saturated heterocycles. The van der Waals surface area contributed by atoms with Crippen LogP contribution >= 0.6 is 11.3 Å². The van der Waals surface area contributed by atoms with Crippen LogP contribution in [0.1, 0.15) is 45.4 Å². The summed E-state index contributed by atoms with van der Waals surface area (Å²) in [5, 5.41) is 3.45. The molecule has 1 aromatic heterocycles. The fourth-order valence-electron chi connectivity index (χ4n) is 4.87. The zero-order valence-electron chi connectivity index (χ0n) is 19.7. The molecule has 1 aliphatic heterocycles. The number of fused-ring (bicyclic) bond motifs is 1. The van der Waals surface area contributed by atoms with E-state index in [1.165, 1.54) is 16.2 Å². The molecule has 35 heavy (non-hydrogen) atoms. The lowest BCUT2D eigenvalue weighted by Crippen LogP contribution is -2.48. The number of aromatic nitrogens is 1. The third-order valence-corrected chi connectivity index (χ3v) is 7.65. The number of thiazole rings is 1. The van der Waals surface area contributed by atoms with Gasteiger partial charge in [-0.1, -0.05) is 42.7 Å². The van der Waals surface area contributed by atoms with Gasteiger partial charge in [-0.05, 0) is 56.2 Å². The van der Waals surface area contributed by atoms with Crippen LogP contribution in [0.5, 0.6) is 5.75 Å². The highest BCUT2D eigenvalue weighted by atomic mass is 32.1. The molecule has 3 aromatic rings. The highest BCUT2D eigenvalue weighted by molar-refractivity contribution is 7.22. The maximum atomic E-state index is 13.6. The largest absolute Gasteiger partial charge is 0.494 e. The highest BCUT2D eigenvalue weighted by Gasteiger charge is 2.51. The van der Waals surface area contributed by atoms with E-state index in [2.05, 4.69) is 10.3 Å². The summed E-state index contributed by atoms with van der Waals surface area (Å²) in [7, 11) is 0. The van der Waals surface area contributed by atoms with Crippen molar-refractivity contribution in [1.29, 1.82) is 0 Å². The first-order valence-electron chi connectivity index (χ1n) is 12.1. The average Bonchev–Trinajstić information content (AvgIpc) is 3.38. The maximum absolute atomic E-state index is 13.6. The molecule has 2 heterocycles. The first kappa shape index (κ1) is 23.3. The number of ether oxygens (including phenoxy) is 1. The van der Waals surface area contributed by atoms with Crippen molar-refractivity contribution in [3.8, 4) is 5.75 Å². The van der Waals surface area contributed by atoms with E-state index >= 15 is 0 Å². The van der Waals surface area contributed by atoms with Crippen molar-refractivity contribution in [3.05, 3.63) is 48.5 Å². The van der Waals surface area contributed by atoms with Crippen molar-refractivity contribution in [2.45, 2.75) is 51.0 Å². The summed E-state index contributed by atoms with van der Waals surface area (Å²) in [6.07, 6.45) is 4.23. The SMILES string of the molecule is CCOc1ccc(N(C(=O)CCN2C(=O)NC3(CCCCC3)C2=O)c2nc3ccccc3s2)cc1. The molecule has 5 rings (SSSR count). The molecule has 2 aromatic carbocycles. The van der Waals surface area contributed by atoms with Crippen molar-refractivity contribution in [1.82, 2.24) is 15.2 Å². The van der Waals surface area contributed by atoms with E-state index in [-0.39, 0.29) is 24.8 Å². The molecule has 0 atom stereocenters. The highest BCUT2D eigenvalue weighted by Crippen LogP contribution is 2.36. The number of rotatable bonds is 7. The number of nitrogens with zero attached hydrogens (tertiary/aromatic N) is 3. The molecule has 0 bridgehead atoms. The molecule has 1 saturated carbocycles. The Labute approximate surface area is 207 Å². The van der Waals surface area contributed by atoms with Crippen LogP contribution in [0.4, 0.5) is 15.6 Å². The lowest BCUT2D eigenvalue weighted by molar-refractivity contribution is -0.132. The quantitative estimate of drug-likeness (QED) is 0.469. The van der Waals surface area contributed by atoms with Gasteiger partial charge in [0.1, 0.15) is 11.3 Å². The van der Waals surface area contributed by atoms with Gasteiger partial charge in [0.25, 0.3) is 5.91 Å². The summed E-state index contributed by atoms with van der Waals surface area (Å²) in [5.41, 5.74) is 0.670. The molecular weight excluding hydrogens is 464 g/mol. The van der Waals surface area contributed by atoms with Gasteiger partial charge >= 0.3 is 6.03 Å². The Morgan fingerprint density at radius 3 is 2.57 bits per heavy atom. The molecule has 0 radical (unpaired) electrons. The van der Waals surface area contributed by atoms with Crippen molar-refractivity contribution in [2.24, 2.45) is 0 Å². The third kappa shape index (κ3) is 4.48. The number of carbonyl (C=O) groups is 3. The van der Waals surface area contributed by atoms with Gasteiger partial charge in [-0.25, -0.2) is 9.78 Å². The lowest BCUT2D eigenvalue weighted by atomic mass is 9.82. The number of hydrogen-bond acceptors (Lipinski definition) is 6. The van der Waals surface area contributed by atoms with Crippen LogP contribution < -0.4 is 15.0 Å². The van der Waals surface area contributed by atoms with Gasteiger partial charge in [0.2, 0.25) is 5.91 Å². The summed E-state index contributed by atoms with van der Waals surface area (Å²) < 4.78 is 6.51. The average molecular weight is 493 g/mol. The van der Waals surface area contributed by atoms with E-state index in [0.717, 1.165) is 29.5 Å². The molecule has 8 nitrogen and oxygen atoms in total. The van der Waals surface area contributed by atoms with Crippen molar-refractivity contribution in [3.63, 3.8) is 0 Å². The fourth-order valence-corrected chi connectivity index (χ4v) is 5.87. The summed E-state index contributed by atoms with van der Waals surface area (Å²) >= 11 is 1.42. The van der Waals surface area contributed by atoms with Crippen LogP contribution in [0.2, 0.25) is 0 Å². The Morgan fingerprint density at radius 1 is 1.11 bits per heavy atom. The first-order valence-corrected chi connectivity index (χ1v) is 12.9. The van der Waals surface area contributed by atoms with Gasteiger partial charge in [-0.3, -0.25) is 19.4 Å². The number of benzene rings is 2. The van der Waals surface area contributed by atoms with E-state index in [9.17, 15) is 14.4 Å². The molecule has 182 valence electrons. The Bertz CT molecular complexity index is 1220. The molecule has 4 amide bonds. The van der Waals surface area contributed by atoms with Crippen molar-refractivity contribution >= 4 is 50.2 Å². The van der Waals surface area contributed by atoms with Gasteiger partial charge < -0.3 is 10.1 Å². The van der Waals surface area contributed by atoms with Crippen LogP contribution in [0, 0.1) is 0 Å². The number of anilines is 2. The second kappa shape index (κ2) is 9.65. The molecule has 2 aliphatic rings. The lowest BCUT2D eigenvalue weighted by Gasteiger charge is -2.30. The minimum absolute atomic E-state index is 0.00161. The smallest absolute Gasteiger partial charge is 0.325 e. The standard InChI is InChI=1S/C26H28N4O4S/c1-2-34-19-12-10-18(11-13-19)30(25-27-20-8-4-5-9-21(20)35-25)22(31)14-17-29-23(32)26(28-24(29)33)15-6-3-7-16-26/h4-5,8-13H,2-3,6-7,14-17H2,1H3,(H,28,33). The Morgan fingerprint density at radius 2 is 1.86 bits per heavy atom. The molecule has 1 aliphatic carbocycles. The minimum Gasteiger partial charge on any atom is -0.494 e. The van der Waals surface area contributed by atoms with Gasteiger partial charge in [0.15, 0.2) is 5.13 Å². The van der Waals surface area contributed by atoms with Crippen LogP contribution in [0.15, 0.2) is 48.5 Å². The Kier molecular flexibility index (Phi) is 6.42. The number of nitrogens with one attached hydrogen (secondary N) is 1. The number of amides is 4. The summed E-state index contributed by atoms with van der Waals surface area (Å²) in [4.78, 5) is 46.8. The predicted octanol–water partition coefficient (Wildman–Crippen LogP) is 5.00. The molecule has 1 N–H and O–H groups in total. The summed E-state index contributed by atoms with van der Waals surface area (Å²) in [5.74, 6) is 0.270. The monoisotopic (exact) mass is 492 g/mol. The van der Waals surface area contributed by atoms with Gasteiger partial charge in [0.05, 0.1) is 22.5 Å². The zero-order chi connectivity index (χ0) is 24.4. The van der Waals surface area contributed by atoms with E-state index in [1.807, 2.05) is 55.5 Å². The molecule has 9 heteroatoms. The predicted molar refractivity (Wildman–Crippen MR) is 135 cm³/mol. The molecule has 2 fully saturated rings. The third-order valence-electron chi connectivity index (χ3n) is 6.63. The van der Waals surface area contributed by atoms with Crippen molar-refractivity contribution < 1.29 is 19.1 Å². The molecule has 1 spiro atoms. The topological polar surface area (TPSA) is 91.8 Å². The van der Waals surface area contributed by atoms with Crippen LogP contribution in [-0.2, 0) is 9.59 Å². The van der Waals surface area contributed by atoms with E-state index in [4.69, 9.17) is 4.74 Å². The second-order valence-electron chi connectivity index (χ2n) is 8.90. The Balaban J connectivity index is 1.39. The maximum Gasteiger partial charge on any atom is 0.325 e. The zero-order valence-corrected chi connectivity index (χ0v) is 20.5. The number of para-hydroxylation sites is 1. The summed E-state index contributed by atoms with van der Waals surface area (Å²) in [6, 6.07) is 14.6. The Hall–Kier alpha value is -3.46. The van der Waals surface area contributed by atoms with E-state index < -0.39 is 11.6 Å². The van der Waals surface area contributed by atoms with Gasteiger partial charge in [-0.2, -0.15) is 0 Å². The normalized spacial score (nSPS) is 17.1. The fraction of sp³-hybridized carbons (Fsp3) is 0.385. The molecular formula is C26H28N4O4S. The van der Waals surface area contributed by atoms with Crippen LogP contribution in [-0.4, -0.2) is 46.4 Å². The van der Waals surface area contributed by atoms with Crippen LogP contribution in [0.25, 0.3) is 10.2 Å². The van der Waals surface area contributed by atoms with Crippen LogP contribution in [0.3, 0.4) is 0 Å². The van der Waals surface area contributed by atoms with Gasteiger partial charge in [-0.15, -0.1) is 0 Å². The van der Waals surface area contributed by atoms with Gasteiger partial charge in [0, 0.05) is 13.0 Å². The van der Waals surface area contributed by atoms with E-state index in [0.29, 0.717) is 36.0 Å². The number of carbonyl (C=O) groups excluding carboxylic acids is 3. The molecule has 0 unspecified atom stereocenters.